The van der Waals surface area contributed by atoms with Crippen molar-refractivity contribution in [2.75, 3.05) is 0 Å². The lowest BCUT2D eigenvalue weighted by Gasteiger charge is -2.08. The Balaban J connectivity index is 1.65. The summed E-state index contributed by atoms with van der Waals surface area (Å²) >= 11 is 0. The Kier molecular flexibility index (Phi) is 3.27. The van der Waals surface area contributed by atoms with Crippen LogP contribution < -0.4 is 0 Å². The molecule has 0 N–H and O–H groups in total. The summed E-state index contributed by atoms with van der Waals surface area (Å²) < 4.78 is 9.19. The maximum Gasteiger partial charge on any atom is 0.191 e. The number of hydrogen-bond acceptors (Lipinski definition) is 4. The van der Waals surface area contributed by atoms with Crippen molar-refractivity contribution >= 4 is 0 Å². The van der Waals surface area contributed by atoms with Crippen LogP contribution in [0, 0.1) is 6.92 Å². The van der Waals surface area contributed by atoms with E-state index >= 15 is 0 Å². The Morgan fingerprint density at radius 3 is 2.87 bits per heavy atom. The highest BCUT2D eigenvalue weighted by Crippen LogP contribution is 2.19. The smallest absolute Gasteiger partial charge is 0.191 e. The molecule has 0 amide bonds. The molecule has 0 bridgehead atoms. The molecular formula is C17H15N5O. The van der Waals surface area contributed by atoms with Crippen LogP contribution in [0.15, 0.2) is 65.8 Å². The molecular weight excluding hydrogens is 290 g/mol. The number of benzene rings is 1. The summed E-state index contributed by atoms with van der Waals surface area (Å²) in [5.74, 6) is 1.43. The number of aromatic nitrogens is 5. The Morgan fingerprint density at radius 1 is 1.13 bits per heavy atom. The summed E-state index contributed by atoms with van der Waals surface area (Å²) in [5.41, 5.74) is 2.94. The molecule has 0 radical (unpaired) electrons. The molecule has 0 aliphatic carbocycles. The van der Waals surface area contributed by atoms with Crippen molar-refractivity contribution < 1.29 is 4.42 Å². The summed E-state index contributed by atoms with van der Waals surface area (Å²) in [6.07, 6.45) is 9.05. The van der Waals surface area contributed by atoms with Gasteiger partial charge in [0.15, 0.2) is 11.7 Å². The van der Waals surface area contributed by atoms with Gasteiger partial charge in [-0.15, -0.1) is 0 Å². The van der Waals surface area contributed by atoms with E-state index in [1.165, 1.54) is 0 Å². The first-order valence-electron chi connectivity index (χ1n) is 7.32. The Hall–Kier alpha value is -3.15. The van der Waals surface area contributed by atoms with Gasteiger partial charge >= 0.3 is 0 Å². The summed E-state index contributed by atoms with van der Waals surface area (Å²) in [5, 5.41) is 4.27. The SMILES string of the molecule is Cc1nc(-c2nccn2Cc2cccc(-n3cccn3)c2)co1. The van der Waals surface area contributed by atoms with E-state index in [4.69, 9.17) is 4.42 Å². The van der Waals surface area contributed by atoms with E-state index in [2.05, 4.69) is 31.8 Å². The second-order valence-electron chi connectivity index (χ2n) is 5.25. The van der Waals surface area contributed by atoms with Crippen molar-refractivity contribution in [3.05, 3.63) is 72.8 Å². The summed E-state index contributed by atoms with van der Waals surface area (Å²) in [6.45, 7) is 2.53. The third kappa shape index (κ3) is 2.66. The zero-order valence-electron chi connectivity index (χ0n) is 12.6. The molecule has 3 aromatic heterocycles. The zero-order chi connectivity index (χ0) is 15.6. The molecule has 0 saturated heterocycles. The predicted octanol–water partition coefficient (Wildman–Crippen LogP) is 3.08. The lowest BCUT2D eigenvalue weighted by Crippen LogP contribution is -2.03. The van der Waals surface area contributed by atoms with Gasteiger partial charge in [-0.25, -0.2) is 14.6 Å². The van der Waals surface area contributed by atoms with E-state index in [1.807, 2.05) is 42.2 Å². The highest BCUT2D eigenvalue weighted by molar-refractivity contribution is 5.48. The maximum atomic E-state index is 5.29. The topological polar surface area (TPSA) is 61.7 Å². The molecule has 1 aromatic carbocycles. The molecule has 0 spiro atoms. The highest BCUT2D eigenvalue weighted by Gasteiger charge is 2.10. The second-order valence-corrected chi connectivity index (χ2v) is 5.25. The third-order valence-electron chi connectivity index (χ3n) is 3.60. The monoisotopic (exact) mass is 305 g/mol. The van der Waals surface area contributed by atoms with Gasteiger partial charge in [-0.2, -0.15) is 5.10 Å². The minimum absolute atomic E-state index is 0.634. The van der Waals surface area contributed by atoms with Crippen molar-refractivity contribution in [3.8, 4) is 17.2 Å². The van der Waals surface area contributed by atoms with Gasteiger partial charge in [0.2, 0.25) is 0 Å². The average Bonchev–Trinajstić information content (AvgIpc) is 3.28. The van der Waals surface area contributed by atoms with Gasteiger partial charge in [0.05, 0.1) is 5.69 Å². The van der Waals surface area contributed by atoms with Gasteiger partial charge in [-0.05, 0) is 23.8 Å². The average molecular weight is 305 g/mol. The van der Waals surface area contributed by atoms with Crippen LogP contribution in [-0.2, 0) is 6.54 Å². The van der Waals surface area contributed by atoms with E-state index in [1.54, 1.807) is 18.7 Å². The van der Waals surface area contributed by atoms with Crippen molar-refractivity contribution in [2.24, 2.45) is 0 Å². The molecule has 4 aromatic rings. The van der Waals surface area contributed by atoms with E-state index in [0.717, 1.165) is 22.8 Å². The fourth-order valence-corrected chi connectivity index (χ4v) is 2.55. The summed E-state index contributed by atoms with van der Waals surface area (Å²) in [7, 11) is 0. The molecule has 0 aliphatic rings. The molecule has 6 heteroatoms. The largest absolute Gasteiger partial charge is 0.449 e. The number of aryl methyl sites for hydroxylation is 1. The van der Waals surface area contributed by atoms with Crippen molar-refractivity contribution in [1.29, 1.82) is 0 Å². The van der Waals surface area contributed by atoms with Crippen LogP contribution >= 0.6 is 0 Å². The van der Waals surface area contributed by atoms with Crippen molar-refractivity contribution in [2.45, 2.75) is 13.5 Å². The van der Waals surface area contributed by atoms with Crippen LogP contribution in [0.5, 0.6) is 0 Å². The fraction of sp³-hybridized carbons (Fsp3) is 0.118. The predicted molar refractivity (Wildman–Crippen MR) is 85.1 cm³/mol. The molecule has 0 saturated carbocycles. The standard InChI is InChI=1S/C17H15N5O/c1-13-20-16(12-23-13)17-18-7-9-21(17)11-14-4-2-5-15(10-14)22-8-3-6-19-22/h2-10,12H,11H2,1H3. The molecule has 114 valence electrons. The number of hydrogen-bond donors (Lipinski definition) is 0. The van der Waals surface area contributed by atoms with E-state index in [0.29, 0.717) is 12.4 Å². The van der Waals surface area contributed by atoms with Gasteiger partial charge in [0, 0.05) is 38.3 Å². The molecule has 3 heterocycles. The van der Waals surface area contributed by atoms with Crippen LogP contribution in [-0.4, -0.2) is 24.3 Å². The van der Waals surface area contributed by atoms with E-state index in [9.17, 15) is 0 Å². The number of imidazole rings is 1. The van der Waals surface area contributed by atoms with Crippen LogP contribution in [0.4, 0.5) is 0 Å². The van der Waals surface area contributed by atoms with Gasteiger partial charge < -0.3 is 8.98 Å². The fourth-order valence-electron chi connectivity index (χ4n) is 2.55. The minimum Gasteiger partial charge on any atom is -0.449 e. The first-order chi connectivity index (χ1) is 11.3. The summed E-state index contributed by atoms with van der Waals surface area (Å²) in [4.78, 5) is 8.74. The Bertz CT molecular complexity index is 920. The molecule has 6 nitrogen and oxygen atoms in total. The maximum absolute atomic E-state index is 5.29. The van der Waals surface area contributed by atoms with Crippen LogP contribution in [0.1, 0.15) is 11.5 Å². The normalized spacial score (nSPS) is 11.0. The van der Waals surface area contributed by atoms with E-state index in [-0.39, 0.29) is 0 Å². The van der Waals surface area contributed by atoms with Crippen LogP contribution in [0.25, 0.3) is 17.2 Å². The van der Waals surface area contributed by atoms with Crippen molar-refractivity contribution in [1.82, 2.24) is 24.3 Å². The van der Waals surface area contributed by atoms with Gasteiger partial charge in [0.1, 0.15) is 12.0 Å². The molecule has 4 rings (SSSR count). The van der Waals surface area contributed by atoms with Gasteiger partial charge in [0.25, 0.3) is 0 Å². The van der Waals surface area contributed by atoms with Gasteiger partial charge in [-0.1, -0.05) is 12.1 Å². The third-order valence-corrected chi connectivity index (χ3v) is 3.60. The Labute approximate surface area is 133 Å². The molecule has 23 heavy (non-hydrogen) atoms. The number of rotatable bonds is 4. The van der Waals surface area contributed by atoms with Crippen LogP contribution in [0.3, 0.4) is 0 Å². The Morgan fingerprint density at radius 2 is 2.09 bits per heavy atom. The van der Waals surface area contributed by atoms with E-state index < -0.39 is 0 Å². The lowest BCUT2D eigenvalue weighted by molar-refractivity contribution is 0.521. The molecule has 0 unspecified atom stereocenters. The molecule has 0 aliphatic heterocycles. The lowest BCUT2D eigenvalue weighted by atomic mass is 10.2. The van der Waals surface area contributed by atoms with Crippen LogP contribution in [0.2, 0.25) is 0 Å². The highest BCUT2D eigenvalue weighted by atomic mass is 16.3. The minimum atomic E-state index is 0.634. The first kappa shape index (κ1) is 13.5. The van der Waals surface area contributed by atoms with Gasteiger partial charge in [-0.3, -0.25) is 0 Å². The number of nitrogens with zero attached hydrogens (tertiary/aromatic N) is 5. The molecule has 0 fully saturated rings. The summed E-state index contributed by atoms with van der Waals surface area (Å²) in [6, 6.07) is 10.2. The second kappa shape index (κ2) is 5.57. The molecule has 0 atom stereocenters. The zero-order valence-corrected chi connectivity index (χ0v) is 12.6. The van der Waals surface area contributed by atoms with Crippen molar-refractivity contribution in [3.63, 3.8) is 0 Å². The quantitative estimate of drug-likeness (QED) is 0.581. The first-order valence-corrected chi connectivity index (χ1v) is 7.32. The number of oxazole rings is 1.